The fourth-order valence-electron chi connectivity index (χ4n) is 2.82. The highest BCUT2D eigenvalue weighted by Gasteiger charge is 2.36. The van der Waals surface area contributed by atoms with E-state index >= 15 is 0 Å². The number of benzene rings is 1. The molecule has 1 aromatic carbocycles. The van der Waals surface area contributed by atoms with E-state index in [0.29, 0.717) is 17.9 Å². The number of fused-ring (bicyclic) bond motifs is 1. The van der Waals surface area contributed by atoms with Crippen molar-refractivity contribution < 1.29 is 4.21 Å². The first-order chi connectivity index (χ1) is 8.97. The van der Waals surface area contributed by atoms with Gasteiger partial charge in [0.05, 0.1) is 10.8 Å². The van der Waals surface area contributed by atoms with Gasteiger partial charge in [-0.3, -0.25) is 4.21 Å². The molecule has 0 spiro atoms. The van der Waals surface area contributed by atoms with Crippen LogP contribution in [0.15, 0.2) is 23.1 Å². The molecule has 0 fully saturated rings. The molecule has 106 valence electrons. The minimum absolute atomic E-state index is 0.210. The van der Waals surface area contributed by atoms with Gasteiger partial charge in [0, 0.05) is 16.2 Å². The summed E-state index contributed by atoms with van der Waals surface area (Å²) in [5.41, 5.74) is 2.58. The number of hydrogen-bond acceptors (Lipinski definition) is 2. The summed E-state index contributed by atoms with van der Waals surface area (Å²) in [6.07, 6.45) is 0. The van der Waals surface area contributed by atoms with Crippen LogP contribution in [0.2, 0.25) is 0 Å². The largest absolute Gasteiger partial charge is 0.310 e. The van der Waals surface area contributed by atoms with Crippen molar-refractivity contribution in [1.29, 1.82) is 0 Å². The van der Waals surface area contributed by atoms with Crippen LogP contribution in [-0.4, -0.2) is 16.0 Å². The monoisotopic (exact) mass is 279 g/mol. The van der Waals surface area contributed by atoms with Gasteiger partial charge in [-0.05, 0) is 35.6 Å². The van der Waals surface area contributed by atoms with Crippen molar-refractivity contribution >= 4 is 10.8 Å². The van der Waals surface area contributed by atoms with Crippen LogP contribution < -0.4 is 5.32 Å². The van der Waals surface area contributed by atoms with Crippen molar-refractivity contribution in [2.75, 3.05) is 6.54 Å². The Bertz CT molecular complexity index is 484. The molecule has 0 amide bonds. The van der Waals surface area contributed by atoms with Gasteiger partial charge in [-0.2, -0.15) is 0 Å². The Labute approximate surface area is 119 Å². The molecule has 0 bridgehead atoms. The summed E-state index contributed by atoms with van der Waals surface area (Å²) in [6, 6.07) is 6.79. The summed E-state index contributed by atoms with van der Waals surface area (Å²) in [5, 5.41) is 3.78. The summed E-state index contributed by atoms with van der Waals surface area (Å²) >= 11 is 0. The maximum Gasteiger partial charge on any atom is 0.0564 e. The molecule has 1 heterocycles. The molecule has 3 heteroatoms. The maximum atomic E-state index is 12.5. The molecule has 1 aromatic rings. The van der Waals surface area contributed by atoms with Crippen molar-refractivity contribution in [3.8, 4) is 0 Å². The van der Waals surface area contributed by atoms with Crippen LogP contribution in [0.1, 0.15) is 57.7 Å². The molecule has 0 aliphatic carbocycles. The highest BCUT2D eigenvalue weighted by molar-refractivity contribution is 7.85. The molecule has 0 radical (unpaired) electrons. The lowest BCUT2D eigenvalue weighted by molar-refractivity contribution is 0.373. The Morgan fingerprint density at radius 2 is 2.00 bits per heavy atom. The van der Waals surface area contributed by atoms with E-state index in [4.69, 9.17) is 0 Å². The number of nitrogens with one attached hydrogen (secondary N) is 1. The number of hydrogen-bond donors (Lipinski definition) is 1. The zero-order chi connectivity index (χ0) is 14.2. The summed E-state index contributed by atoms with van der Waals surface area (Å²) in [7, 11) is -0.876. The Morgan fingerprint density at radius 1 is 1.32 bits per heavy atom. The van der Waals surface area contributed by atoms with Crippen molar-refractivity contribution in [2.45, 2.75) is 56.7 Å². The quantitative estimate of drug-likeness (QED) is 0.916. The first-order valence-corrected chi connectivity index (χ1v) is 8.46. The van der Waals surface area contributed by atoms with Crippen LogP contribution in [0, 0.1) is 5.92 Å². The normalized spacial score (nSPS) is 30.4. The Kier molecular flexibility index (Phi) is 4.46. The second-order valence-corrected chi connectivity index (χ2v) is 7.63. The van der Waals surface area contributed by atoms with Gasteiger partial charge in [-0.15, -0.1) is 0 Å². The van der Waals surface area contributed by atoms with E-state index in [0.717, 1.165) is 11.4 Å². The molecule has 0 aromatic heterocycles. The fraction of sp³-hybridized carbons (Fsp3) is 0.625. The summed E-state index contributed by atoms with van der Waals surface area (Å²) < 4.78 is 12.5. The molecule has 0 saturated carbocycles. The zero-order valence-electron chi connectivity index (χ0n) is 12.6. The molecule has 4 atom stereocenters. The number of rotatable bonds is 3. The standard InChI is InChI=1S/C16H25NOS/c1-6-17-16-11(4)12(5)19(18)15-8-7-13(10(2)3)9-14(15)16/h7-12,16-17H,6H2,1-5H3. The molecule has 1 aliphatic heterocycles. The molecule has 4 unspecified atom stereocenters. The highest BCUT2D eigenvalue weighted by atomic mass is 32.2. The summed E-state index contributed by atoms with van der Waals surface area (Å²) in [4.78, 5) is 1.03. The molecule has 1 N–H and O–H groups in total. The van der Waals surface area contributed by atoms with Crippen molar-refractivity contribution in [3.05, 3.63) is 29.3 Å². The van der Waals surface area contributed by atoms with E-state index in [1.54, 1.807) is 0 Å². The predicted octanol–water partition coefficient (Wildman–Crippen LogP) is 3.61. The van der Waals surface area contributed by atoms with E-state index in [-0.39, 0.29) is 5.25 Å². The van der Waals surface area contributed by atoms with Gasteiger partial charge >= 0.3 is 0 Å². The van der Waals surface area contributed by atoms with Gasteiger partial charge in [-0.1, -0.05) is 46.8 Å². The lowest BCUT2D eigenvalue weighted by Gasteiger charge is -2.36. The molecular formula is C16H25NOS. The van der Waals surface area contributed by atoms with Gasteiger partial charge in [0.2, 0.25) is 0 Å². The van der Waals surface area contributed by atoms with E-state index < -0.39 is 10.8 Å². The molecule has 19 heavy (non-hydrogen) atoms. The lowest BCUT2D eigenvalue weighted by Crippen LogP contribution is -2.39. The molecule has 0 saturated heterocycles. The fourth-order valence-corrected chi connectivity index (χ4v) is 4.39. The topological polar surface area (TPSA) is 29.1 Å². The second kappa shape index (κ2) is 5.76. The van der Waals surface area contributed by atoms with Crippen molar-refractivity contribution in [3.63, 3.8) is 0 Å². The smallest absolute Gasteiger partial charge is 0.0564 e. The van der Waals surface area contributed by atoms with E-state index in [2.05, 4.69) is 58.1 Å². The Balaban J connectivity index is 2.52. The van der Waals surface area contributed by atoms with Gasteiger partial charge in [0.15, 0.2) is 0 Å². The van der Waals surface area contributed by atoms with Gasteiger partial charge < -0.3 is 5.32 Å². The Hall–Kier alpha value is -0.670. The highest BCUT2D eigenvalue weighted by Crippen LogP contribution is 2.39. The molecular weight excluding hydrogens is 254 g/mol. The summed E-state index contributed by atoms with van der Waals surface area (Å²) in [6.45, 7) is 11.8. The van der Waals surface area contributed by atoms with Crippen LogP contribution in [0.25, 0.3) is 0 Å². The average Bonchev–Trinajstić information content (AvgIpc) is 2.40. The minimum Gasteiger partial charge on any atom is -0.310 e. The third kappa shape index (κ3) is 2.63. The van der Waals surface area contributed by atoms with E-state index in [9.17, 15) is 4.21 Å². The predicted molar refractivity (Wildman–Crippen MR) is 82.0 cm³/mol. The van der Waals surface area contributed by atoms with E-state index in [1.165, 1.54) is 11.1 Å². The first kappa shape index (κ1) is 14.7. The van der Waals surface area contributed by atoms with Crippen LogP contribution in [0.4, 0.5) is 0 Å². The van der Waals surface area contributed by atoms with Gasteiger partial charge in [-0.25, -0.2) is 0 Å². The Morgan fingerprint density at radius 3 is 2.58 bits per heavy atom. The van der Waals surface area contributed by atoms with Crippen LogP contribution in [-0.2, 0) is 10.8 Å². The lowest BCUT2D eigenvalue weighted by atomic mass is 9.89. The van der Waals surface area contributed by atoms with Gasteiger partial charge in [0.25, 0.3) is 0 Å². The third-order valence-corrected chi connectivity index (χ3v) is 6.19. The molecule has 2 nitrogen and oxygen atoms in total. The van der Waals surface area contributed by atoms with Crippen LogP contribution in [0.5, 0.6) is 0 Å². The van der Waals surface area contributed by atoms with Crippen LogP contribution in [0.3, 0.4) is 0 Å². The van der Waals surface area contributed by atoms with Crippen molar-refractivity contribution in [2.24, 2.45) is 5.92 Å². The molecule has 2 rings (SSSR count). The summed E-state index contributed by atoms with van der Waals surface area (Å²) in [5.74, 6) is 0.909. The van der Waals surface area contributed by atoms with Gasteiger partial charge in [0.1, 0.15) is 0 Å². The van der Waals surface area contributed by atoms with E-state index in [1.807, 2.05) is 0 Å². The minimum atomic E-state index is -0.876. The van der Waals surface area contributed by atoms with Crippen molar-refractivity contribution in [1.82, 2.24) is 5.32 Å². The average molecular weight is 279 g/mol. The molecule has 1 aliphatic rings. The SMILES string of the molecule is CCNC1c2cc(C(C)C)ccc2S(=O)C(C)C1C. The second-order valence-electron chi connectivity index (χ2n) is 5.85. The first-order valence-electron chi connectivity index (χ1n) is 7.25. The third-order valence-electron chi connectivity index (χ3n) is 4.28. The zero-order valence-corrected chi connectivity index (χ0v) is 13.4. The van der Waals surface area contributed by atoms with Crippen LogP contribution >= 0.6 is 0 Å². The maximum absolute atomic E-state index is 12.5.